The molecule has 26 heavy (non-hydrogen) atoms. The maximum Gasteiger partial charge on any atom is 0.250 e. The molecule has 0 bridgehead atoms. The quantitative estimate of drug-likeness (QED) is 0.387. The minimum atomic E-state index is 0.162. The number of halogens is 1. The van der Waals surface area contributed by atoms with Crippen LogP contribution in [0.1, 0.15) is 5.56 Å². The van der Waals surface area contributed by atoms with Crippen molar-refractivity contribution in [3.05, 3.63) is 27.3 Å². The number of hydrogen-bond acceptors (Lipinski definition) is 9. The van der Waals surface area contributed by atoms with Gasteiger partial charge in [-0.05, 0) is 40.8 Å². The van der Waals surface area contributed by atoms with Crippen LogP contribution in [0.3, 0.4) is 0 Å². The van der Waals surface area contributed by atoms with Gasteiger partial charge < -0.3 is 19.6 Å². The van der Waals surface area contributed by atoms with Crippen LogP contribution in [0.4, 0.5) is 17.8 Å². The molecule has 2 N–H and O–H groups in total. The summed E-state index contributed by atoms with van der Waals surface area (Å²) in [6.45, 7) is 2.76. The molecule has 1 saturated heterocycles. The van der Waals surface area contributed by atoms with Crippen LogP contribution < -0.4 is 15.2 Å². The molecule has 0 spiro atoms. The number of hydrogen-bond donors (Lipinski definition) is 2. The number of phenols is 1. The zero-order chi connectivity index (χ0) is 18.5. The minimum absolute atomic E-state index is 0.162. The molecule has 2 heterocycles. The molecule has 0 atom stereocenters. The van der Waals surface area contributed by atoms with E-state index < -0.39 is 0 Å². The van der Waals surface area contributed by atoms with Crippen LogP contribution in [0.5, 0.6) is 5.75 Å². The van der Waals surface area contributed by atoms with E-state index in [4.69, 9.17) is 4.74 Å². The second kappa shape index (κ2) is 8.45. The number of nitrogens with one attached hydrogen (secondary N) is 1. The monoisotopic (exact) mass is 469 g/mol. The molecule has 1 aliphatic heterocycles. The highest BCUT2D eigenvalue weighted by molar-refractivity contribution is 14.1. The topological polar surface area (TPSA) is 99.0 Å². The average Bonchev–Trinajstić information content (AvgIpc) is 2.65. The Labute approximate surface area is 165 Å². The SMILES string of the molecule is CN(C)c1nc(N/N=C/c2cc(I)ccc2O)nc(N2CCOCC2)n1. The summed E-state index contributed by atoms with van der Waals surface area (Å²) in [4.78, 5) is 17.2. The lowest BCUT2D eigenvalue weighted by Crippen LogP contribution is -2.37. The highest BCUT2D eigenvalue weighted by Gasteiger charge is 2.17. The molecule has 0 aliphatic carbocycles. The van der Waals surface area contributed by atoms with Crippen molar-refractivity contribution in [1.29, 1.82) is 0 Å². The van der Waals surface area contributed by atoms with E-state index in [2.05, 4.69) is 53.0 Å². The minimum Gasteiger partial charge on any atom is -0.507 e. The van der Waals surface area contributed by atoms with Crippen LogP contribution in [-0.2, 0) is 4.74 Å². The molecule has 0 unspecified atom stereocenters. The van der Waals surface area contributed by atoms with Gasteiger partial charge >= 0.3 is 0 Å². The van der Waals surface area contributed by atoms with Gasteiger partial charge in [-0.1, -0.05) is 0 Å². The molecule has 0 amide bonds. The molecule has 0 saturated carbocycles. The number of aromatic nitrogens is 3. The number of hydrazone groups is 1. The Kier molecular flexibility index (Phi) is 6.04. The summed E-state index contributed by atoms with van der Waals surface area (Å²) in [7, 11) is 3.74. The Balaban J connectivity index is 1.80. The Morgan fingerprint density at radius 2 is 2.04 bits per heavy atom. The van der Waals surface area contributed by atoms with Crippen molar-refractivity contribution in [2.24, 2.45) is 5.10 Å². The number of aromatic hydroxyl groups is 1. The highest BCUT2D eigenvalue weighted by Crippen LogP contribution is 2.19. The zero-order valence-corrected chi connectivity index (χ0v) is 16.7. The average molecular weight is 469 g/mol. The highest BCUT2D eigenvalue weighted by atomic mass is 127. The fourth-order valence-corrected chi connectivity index (χ4v) is 2.81. The van der Waals surface area contributed by atoms with Gasteiger partial charge in [0.15, 0.2) is 0 Å². The van der Waals surface area contributed by atoms with E-state index in [1.54, 1.807) is 6.07 Å². The van der Waals surface area contributed by atoms with Crippen LogP contribution >= 0.6 is 22.6 Å². The van der Waals surface area contributed by atoms with Crippen molar-refractivity contribution < 1.29 is 9.84 Å². The van der Waals surface area contributed by atoms with Crippen molar-refractivity contribution in [2.45, 2.75) is 0 Å². The second-order valence-corrected chi connectivity index (χ2v) is 7.07. The summed E-state index contributed by atoms with van der Waals surface area (Å²) in [5.41, 5.74) is 3.43. The zero-order valence-electron chi connectivity index (χ0n) is 14.6. The fraction of sp³-hybridized carbons (Fsp3) is 0.375. The Bertz CT molecular complexity index is 794. The maximum absolute atomic E-state index is 9.87. The number of anilines is 3. The number of nitrogens with zero attached hydrogens (tertiary/aromatic N) is 6. The van der Waals surface area contributed by atoms with Crippen LogP contribution in [-0.4, -0.2) is 66.7 Å². The van der Waals surface area contributed by atoms with E-state index in [1.807, 2.05) is 31.1 Å². The number of benzene rings is 1. The van der Waals surface area contributed by atoms with Gasteiger partial charge in [0.05, 0.1) is 19.4 Å². The molecule has 1 aliphatic rings. The van der Waals surface area contributed by atoms with Crippen molar-refractivity contribution >= 4 is 46.7 Å². The normalized spacial score (nSPS) is 14.7. The summed E-state index contributed by atoms with van der Waals surface area (Å²) in [6.07, 6.45) is 1.53. The second-order valence-electron chi connectivity index (χ2n) is 5.83. The van der Waals surface area contributed by atoms with Gasteiger partial charge in [0.1, 0.15) is 5.75 Å². The lowest BCUT2D eigenvalue weighted by Gasteiger charge is -2.27. The molecule has 1 fully saturated rings. The number of morpholine rings is 1. The van der Waals surface area contributed by atoms with E-state index in [-0.39, 0.29) is 5.75 Å². The third-order valence-electron chi connectivity index (χ3n) is 3.66. The smallest absolute Gasteiger partial charge is 0.250 e. The maximum atomic E-state index is 9.87. The molecule has 9 nitrogen and oxygen atoms in total. The predicted octanol–water partition coefficient (Wildman–Crippen LogP) is 1.53. The van der Waals surface area contributed by atoms with Crippen molar-refractivity contribution in [3.63, 3.8) is 0 Å². The third-order valence-corrected chi connectivity index (χ3v) is 4.33. The molecule has 2 aromatic rings. The lowest BCUT2D eigenvalue weighted by atomic mass is 10.2. The van der Waals surface area contributed by atoms with Gasteiger partial charge in [-0.3, -0.25) is 0 Å². The molecular formula is C16H20IN7O2. The van der Waals surface area contributed by atoms with Crippen LogP contribution in [0.25, 0.3) is 0 Å². The summed E-state index contributed by atoms with van der Waals surface area (Å²) in [5.74, 6) is 1.62. The molecule has 0 radical (unpaired) electrons. The first kappa shape index (κ1) is 18.6. The molecular weight excluding hydrogens is 449 g/mol. The van der Waals surface area contributed by atoms with Gasteiger partial charge in [0.2, 0.25) is 17.8 Å². The third kappa shape index (κ3) is 4.69. The van der Waals surface area contributed by atoms with Crippen LogP contribution in [0, 0.1) is 3.57 Å². The fourth-order valence-electron chi connectivity index (χ4n) is 2.30. The first-order valence-corrected chi connectivity index (χ1v) is 9.14. The number of ether oxygens (including phenoxy) is 1. The molecule has 1 aromatic heterocycles. The first-order valence-electron chi connectivity index (χ1n) is 8.06. The number of rotatable bonds is 5. The summed E-state index contributed by atoms with van der Waals surface area (Å²) in [5, 5.41) is 14.0. The molecule has 10 heteroatoms. The van der Waals surface area contributed by atoms with Crippen LogP contribution in [0.15, 0.2) is 23.3 Å². The Hall–Kier alpha value is -2.21. The largest absolute Gasteiger partial charge is 0.507 e. The van der Waals surface area contributed by atoms with Crippen molar-refractivity contribution in [2.75, 3.05) is 55.6 Å². The first-order chi connectivity index (χ1) is 12.5. The predicted molar refractivity (Wildman–Crippen MR) is 109 cm³/mol. The molecule has 138 valence electrons. The van der Waals surface area contributed by atoms with Crippen LogP contribution in [0.2, 0.25) is 0 Å². The van der Waals surface area contributed by atoms with Crippen molar-refractivity contribution in [3.8, 4) is 5.75 Å². The summed E-state index contributed by atoms with van der Waals surface area (Å²) < 4.78 is 6.38. The van der Waals surface area contributed by atoms with Gasteiger partial charge in [-0.25, -0.2) is 5.43 Å². The van der Waals surface area contributed by atoms with Gasteiger partial charge in [-0.15, -0.1) is 0 Å². The van der Waals surface area contributed by atoms with E-state index in [1.165, 1.54) is 6.21 Å². The molecule has 1 aromatic carbocycles. The molecule has 3 rings (SSSR count). The van der Waals surface area contributed by atoms with E-state index in [9.17, 15) is 5.11 Å². The Morgan fingerprint density at radius 1 is 1.27 bits per heavy atom. The summed E-state index contributed by atoms with van der Waals surface area (Å²) in [6, 6.07) is 5.29. The Morgan fingerprint density at radius 3 is 2.77 bits per heavy atom. The van der Waals surface area contributed by atoms with E-state index in [0.717, 1.165) is 16.7 Å². The lowest BCUT2D eigenvalue weighted by molar-refractivity contribution is 0.122. The number of phenolic OH excluding ortho intramolecular Hbond substituents is 1. The standard InChI is InChI=1S/C16H20IN7O2/c1-23(2)15-19-14(20-16(21-15)24-5-7-26-8-6-24)22-18-10-11-9-12(17)3-4-13(11)25/h3-4,9-10,25H,5-8H2,1-2H3,(H,19,20,21,22)/b18-10+. The van der Waals surface area contributed by atoms with E-state index in [0.29, 0.717) is 36.6 Å². The van der Waals surface area contributed by atoms with Gasteiger partial charge in [-0.2, -0.15) is 20.1 Å². The van der Waals surface area contributed by atoms with Gasteiger partial charge in [0.25, 0.3) is 0 Å². The van der Waals surface area contributed by atoms with Gasteiger partial charge in [0, 0.05) is 36.3 Å². The van der Waals surface area contributed by atoms with E-state index >= 15 is 0 Å². The summed E-state index contributed by atoms with van der Waals surface area (Å²) >= 11 is 2.18. The van der Waals surface area contributed by atoms with Crippen molar-refractivity contribution in [1.82, 2.24) is 15.0 Å².